The van der Waals surface area contributed by atoms with Gasteiger partial charge in [-0.1, -0.05) is 35.3 Å². The largest absolute Gasteiger partial charge is 0.362 e. The van der Waals surface area contributed by atoms with Crippen LogP contribution in [-0.2, 0) is 10.5 Å². The number of hydrogen-bond donors (Lipinski definition) is 2. The van der Waals surface area contributed by atoms with Crippen molar-refractivity contribution < 1.29 is 4.79 Å². The molecule has 1 heterocycles. The summed E-state index contributed by atoms with van der Waals surface area (Å²) in [5, 5.41) is 8.29. The van der Waals surface area contributed by atoms with Gasteiger partial charge in [-0.05, 0) is 54.5 Å². The van der Waals surface area contributed by atoms with Crippen molar-refractivity contribution in [3.63, 3.8) is 0 Å². The number of thiocarbonyl (C=S) groups is 1. The van der Waals surface area contributed by atoms with E-state index < -0.39 is 0 Å². The topological polar surface area (TPSA) is 44.4 Å². The molecule has 2 aromatic carbocycles. The molecule has 0 bridgehead atoms. The Bertz CT molecular complexity index is 863. The van der Waals surface area contributed by atoms with Crippen molar-refractivity contribution in [1.29, 1.82) is 0 Å². The molecule has 8 heteroatoms. The third kappa shape index (κ3) is 6.01. The van der Waals surface area contributed by atoms with Crippen molar-refractivity contribution in [2.75, 3.05) is 29.1 Å². The summed E-state index contributed by atoms with van der Waals surface area (Å²) in [6, 6.07) is 13.3. The highest BCUT2D eigenvalue weighted by Crippen LogP contribution is 2.25. The lowest BCUT2D eigenvalue weighted by Crippen LogP contribution is -2.30. The van der Waals surface area contributed by atoms with Gasteiger partial charge >= 0.3 is 0 Å². The van der Waals surface area contributed by atoms with Gasteiger partial charge in [0.25, 0.3) is 0 Å². The van der Waals surface area contributed by atoms with Gasteiger partial charge in [-0.25, -0.2) is 0 Å². The van der Waals surface area contributed by atoms with Crippen LogP contribution in [0.25, 0.3) is 0 Å². The maximum Gasteiger partial charge on any atom is 0.227 e. The minimum Gasteiger partial charge on any atom is -0.362 e. The second-order valence-corrected chi connectivity index (χ2v) is 8.73. The Morgan fingerprint density at radius 3 is 2.82 bits per heavy atom. The monoisotopic (exact) mass is 453 g/mol. The van der Waals surface area contributed by atoms with Crippen LogP contribution in [0.1, 0.15) is 18.4 Å². The van der Waals surface area contributed by atoms with E-state index in [0.29, 0.717) is 21.6 Å². The van der Waals surface area contributed by atoms with Crippen LogP contribution in [0.15, 0.2) is 42.5 Å². The average molecular weight is 454 g/mol. The Kier molecular flexibility index (Phi) is 7.85. The molecule has 1 aliphatic heterocycles. The zero-order valence-corrected chi connectivity index (χ0v) is 18.4. The normalized spacial score (nSPS) is 13.6. The van der Waals surface area contributed by atoms with Crippen molar-refractivity contribution in [2.24, 2.45) is 0 Å². The Morgan fingerprint density at radius 2 is 2.07 bits per heavy atom. The Balaban J connectivity index is 1.40. The van der Waals surface area contributed by atoms with Gasteiger partial charge in [0.05, 0.1) is 0 Å². The van der Waals surface area contributed by atoms with E-state index in [0.717, 1.165) is 48.0 Å². The Hall–Kier alpha value is -1.47. The van der Waals surface area contributed by atoms with Gasteiger partial charge in [-0.3, -0.25) is 4.79 Å². The van der Waals surface area contributed by atoms with E-state index in [-0.39, 0.29) is 5.91 Å². The van der Waals surface area contributed by atoms with Crippen LogP contribution >= 0.6 is 47.2 Å². The van der Waals surface area contributed by atoms with Crippen LogP contribution < -0.4 is 15.5 Å². The first-order chi connectivity index (χ1) is 13.5. The van der Waals surface area contributed by atoms with E-state index in [9.17, 15) is 4.79 Å². The third-order valence-electron chi connectivity index (χ3n) is 4.29. The van der Waals surface area contributed by atoms with Gasteiger partial charge in [-0.2, -0.15) is 11.8 Å². The molecular weight excluding hydrogens is 433 g/mol. The van der Waals surface area contributed by atoms with Gasteiger partial charge in [0.2, 0.25) is 5.91 Å². The maximum absolute atomic E-state index is 11.9. The van der Waals surface area contributed by atoms with E-state index in [1.54, 1.807) is 17.8 Å². The molecule has 28 heavy (non-hydrogen) atoms. The van der Waals surface area contributed by atoms with Gasteiger partial charge in [0.1, 0.15) is 0 Å². The highest BCUT2D eigenvalue weighted by atomic mass is 35.5. The van der Waals surface area contributed by atoms with Crippen LogP contribution in [0.4, 0.5) is 11.4 Å². The van der Waals surface area contributed by atoms with Crippen LogP contribution in [0.2, 0.25) is 10.0 Å². The fraction of sp³-hybridized carbons (Fsp3) is 0.300. The summed E-state index contributed by atoms with van der Waals surface area (Å²) in [5.74, 6) is 1.89. The molecule has 0 saturated carbocycles. The molecule has 0 atom stereocenters. The number of rotatable bonds is 7. The summed E-state index contributed by atoms with van der Waals surface area (Å²) < 4.78 is 0. The molecule has 0 aromatic heterocycles. The summed E-state index contributed by atoms with van der Waals surface area (Å²) in [4.78, 5) is 13.7. The van der Waals surface area contributed by atoms with Gasteiger partial charge in [-0.15, -0.1) is 0 Å². The summed E-state index contributed by atoms with van der Waals surface area (Å²) >= 11 is 19.2. The lowest BCUT2D eigenvalue weighted by Gasteiger charge is -2.17. The number of nitrogens with one attached hydrogen (secondary N) is 2. The van der Waals surface area contributed by atoms with Crippen molar-refractivity contribution in [3.8, 4) is 0 Å². The number of benzene rings is 2. The lowest BCUT2D eigenvalue weighted by atomic mass is 10.2. The first-order valence-corrected chi connectivity index (χ1v) is 11.3. The van der Waals surface area contributed by atoms with E-state index >= 15 is 0 Å². The second-order valence-electron chi connectivity index (χ2n) is 6.37. The maximum atomic E-state index is 11.9. The number of thioether (sulfide) groups is 1. The molecule has 0 aliphatic carbocycles. The number of halogens is 2. The first-order valence-electron chi connectivity index (χ1n) is 9.00. The predicted octanol–water partition coefficient (Wildman–Crippen LogP) is 5.34. The highest BCUT2D eigenvalue weighted by Gasteiger charge is 2.21. The molecular formula is C20H21Cl2N3OS2. The van der Waals surface area contributed by atoms with Crippen molar-refractivity contribution in [3.05, 3.63) is 58.1 Å². The number of nitrogens with zero attached hydrogens (tertiary/aromatic N) is 1. The quantitative estimate of drug-likeness (QED) is 0.437. The summed E-state index contributed by atoms with van der Waals surface area (Å²) in [6.45, 7) is 1.52. The minimum absolute atomic E-state index is 0.177. The Labute approximate surface area is 185 Å². The van der Waals surface area contributed by atoms with Crippen LogP contribution in [0.3, 0.4) is 0 Å². The number of carbonyl (C=O) groups is 1. The standard InChI is InChI=1S/C20H21Cl2N3OS2/c21-15-7-6-14(18(22)11-15)13-28-10-8-23-20(27)24-16-3-1-4-17(12-16)25-9-2-5-19(25)26/h1,3-4,6-7,11-12H,2,5,8-10,13H2,(H2,23,24,27). The van der Waals surface area contributed by atoms with E-state index in [4.69, 9.17) is 35.4 Å². The van der Waals surface area contributed by atoms with Crippen molar-refractivity contribution >= 4 is 69.6 Å². The minimum atomic E-state index is 0.177. The highest BCUT2D eigenvalue weighted by molar-refractivity contribution is 7.98. The molecule has 2 aromatic rings. The van der Waals surface area contributed by atoms with Gasteiger partial charge in [0, 0.05) is 52.4 Å². The molecule has 1 fully saturated rings. The number of carbonyl (C=O) groups excluding carboxylic acids is 1. The van der Waals surface area contributed by atoms with E-state index in [2.05, 4.69) is 10.6 Å². The van der Waals surface area contributed by atoms with E-state index in [1.165, 1.54) is 0 Å². The Morgan fingerprint density at radius 1 is 1.21 bits per heavy atom. The zero-order valence-electron chi connectivity index (χ0n) is 15.2. The summed E-state index contributed by atoms with van der Waals surface area (Å²) in [7, 11) is 0. The number of anilines is 2. The molecule has 0 radical (unpaired) electrons. The fourth-order valence-corrected chi connectivity index (χ4v) is 4.54. The molecule has 1 aliphatic rings. The van der Waals surface area contributed by atoms with Crippen molar-refractivity contribution in [2.45, 2.75) is 18.6 Å². The molecule has 0 spiro atoms. The van der Waals surface area contributed by atoms with Crippen LogP contribution in [0, 0.1) is 0 Å². The SMILES string of the molecule is O=C1CCCN1c1cccc(NC(=S)NCCSCc2ccc(Cl)cc2Cl)c1. The van der Waals surface area contributed by atoms with Crippen molar-refractivity contribution in [1.82, 2.24) is 5.32 Å². The summed E-state index contributed by atoms with van der Waals surface area (Å²) in [6.07, 6.45) is 1.53. The molecule has 1 amide bonds. The first kappa shape index (κ1) is 21.2. The zero-order chi connectivity index (χ0) is 19.9. The molecule has 2 N–H and O–H groups in total. The molecule has 0 unspecified atom stereocenters. The summed E-state index contributed by atoms with van der Waals surface area (Å²) in [5.41, 5.74) is 2.85. The fourth-order valence-electron chi connectivity index (χ4n) is 2.91. The van der Waals surface area contributed by atoms with Crippen LogP contribution in [-0.4, -0.2) is 29.9 Å². The molecule has 4 nitrogen and oxygen atoms in total. The smallest absolute Gasteiger partial charge is 0.227 e. The predicted molar refractivity (Wildman–Crippen MR) is 125 cm³/mol. The molecule has 3 rings (SSSR count). The van der Waals surface area contributed by atoms with Crippen LogP contribution in [0.5, 0.6) is 0 Å². The average Bonchev–Trinajstić information content (AvgIpc) is 3.09. The second kappa shape index (κ2) is 10.3. The van der Waals surface area contributed by atoms with Gasteiger partial charge in [0.15, 0.2) is 5.11 Å². The van der Waals surface area contributed by atoms with E-state index in [1.807, 2.05) is 41.3 Å². The number of hydrogen-bond acceptors (Lipinski definition) is 3. The van der Waals surface area contributed by atoms with Gasteiger partial charge < -0.3 is 15.5 Å². The molecule has 1 saturated heterocycles. The lowest BCUT2D eigenvalue weighted by molar-refractivity contribution is -0.117. The number of amides is 1. The molecule has 148 valence electrons. The third-order valence-corrected chi connectivity index (χ3v) is 6.14.